The van der Waals surface area contributed by atoms with E-state index in [2.05, 4.69) is 123 Å². The zero-order valence-electron chi connectivity index (χ0n) is 51.4. The van der Waals surface area contributed by atoms with Crippen LogP contribution in [0.3, 0.4) is 0 Å². The zero-order chi connectivity index (χ0) is 56.2. The van der Waals surface area contributed by atoms with E-state index in [1.165, 1.54) is 193 Å². The van der Waals surface area contributed by atoms with Crippen LogP contribution in [0.5, 0.6) is 0 Å². The first-order chi connectivity index (χ1) is 38.6. The third-order valence-corrected chi connectivity index (χ3v) is 14.6. The minimum atomic E-state index is -0.781. The molecule has 0 aliphatic rings. The molecule has 0 aromatic carbocycles. The summed E-state index contributed by atoms with van der Waals surface area (Å²) < 4.78 is 10.7. The molecular weight excluding hydrogens is 957 g/mol. The third kappa shape index (κ3) is 65.1. The van der Waals surface area contributed by atoms with Crippen molar-refractivity contribution in [3.8, 4) is 0 Å². The van der Waals surface area contributed by atoms with Gasteiger partial charge in [-0.05, 0) is 83.5 Å². The van der Waals surface area contributed by atoms with Crippen molar-refractivity contribution in [1.82, 2.24) is 0 Å². The standard InChI is InChI=1S/C73H126O5/c1-3-5-7-9-11-13-15-17-19-21-23-25-27-29-31-32-33-34-35-36-37-38-39-40-42-44-46-48-50-52-54-56-58-60-62-64-66-68-73(76)78-71(69-74)70-77-72(75)67-65-63-61-59-57-55-53-51-49-47-45-43-41-30-28-26-24-22-20-18-16-14-12-10-8-6-4-2/h5,7,11,13,17,19,23,25,29,31,33-34,36-37,39-40,44,46,71,74H,3-4,6,8-10,12,14-16,18,20-22,24,26-28,30,32,35,38,41-43,45,47-70H2,1-2H3/b7-5-,13-11-,19-17-,25-23-,31-29-,34-33-,37-36-,40-39-,46-44-. The summed E-state index contributed by atoms with van der Waals surface area (Å²) >= 11 is 0. The SMILES string of the molecule is CC/C=C\C/C=C\C/C=C\C/C=C\C/C=C\C/C=C\C/C=C\C/C=C\C/C=C\CCCCCCCCCCCC(=O)OC(CO)COC(=O)CCCCCCCCCCCCCCCCCCCCCCCCCCCCC. The van der Waals surface area contributed by atoms with Crippen LogP contribution in [0.2, 0.25) is 0 Å². The second kappa shape index (κ2) is 67.8. The summed E-state index contributed by atoms with van der Waals surface area (Å²) in [7, 11) is 0. The van der Waals surface area contributed by atoms with Gasteiger partial charge in [0.25, 0.3) is 0 Å². The molecule has 1 N–H and O–H groups in total. The highest BCUT2D eigenvalue weighted by Crippen LogP contribution is 2.18. The molecule has 0 aliphatic carbocycles. The van der Waals surface area contributed by atoms with Crippen molar-refractivity contribution in [3.63, 3.8) is 0 Å². The smallest absolute Gasteiger partial charge is 0.306 e. The van der Waals surface area contributed by atoms with E-state index in [-0.39, 0.29) is 25.2 Å². The average Bonchev–Trinajstić information content (AvgIpc) is 3.44. The van der Waals surface area contributed by atoms with Gasteiger partial charge in [-0.1, -0.05) is 335 Å². The molecule has 0 heterocycles. The monoisotopic (exact) mass is 1080 g/mol. The van der Waals surface area contributed by atoms with Crippen molar-refractivity contribution < 1.29 is 24.2 Å². The fraction of sp³-hybridized carbons (Fsp3) is 0.726. The molecule has 0 saturated carbocycles. The van der Waals surface area contributed by atoms with E-state index in [1.807, 2.05) is 0 Å². The number of carbonyl (C=O) groups excluding carboxylic acids is 2. The molecule has 0 spiro atoms. The Morgan fingerprint density at radius 3 is 0.833 bits per heavy atom. The molecule has 5 nitrogen and oxygen atoms in total. The van der Waals surface area contributed by atoms with E-state index in [4.69, 9.17) is 9.47 Å². The Bertz CT molecular complexity index is 1510. The van der Waals surface area contributed by atoms with Crippen molar-refractivity contribution in [2.24, 2.45) is 0 Å². The van der Waals surface area contributed by atoms with Crippen LogP contribution < -0.4 is 0 Å². The first kappa shape index (κ1) is 74.6. The van der Waals surface area contributed by atoms with Crippen LogP contribution in [0.15, 0.2) is 109 Å². The van der Waals surface area contributed by atoms with E-state index < -0.39 is 6.10 Å². The third-order valence-electron chi connectivity index (χ3n) is 14.6. The van der Waals surface area contributed by atoms with Gasteiger partial charge >= 0.3 is 11.9 Å². The van der Waals surface area contributed by atoms with E-state index in [0.717, 1.165) is 103 Å². The number of carbonyl (C=O) groups is 2. The molecule has 0 bridgehead atoms. The molecule has 0 radical (unpaired) electrons. The Kier molecular flexibility index (Phi) is 64.8. The number of hydrogen-bond donors (Lipinski definition) is 1. The van der Waals surface area contributed by atoms with Crippen LogP contribution in [-0.2, 0) is 19.1 Å². The van der Waals surface area contributed by atoms with Gasteiger partial charge < -0.3 is 14.6 Å². The minimum Gasteiger partial charge on any atom is -0.462 e. The van der Waals surface area contributed by atoms with Gasteiger partial charge in [0.1, 0.15) is 6.61 Å². The number of rotatable bonds is 61. The van der Waals surface area contributed by atoms with Crippen LogP contribution in [0.1, 0.15) is 322 Å². The quantitative estimate of drug-likeness (QED) is 0.0373. The molecule has 0 saturated heterocycles. The second-order valence-electron chi connectivity index (χ2n) is 22.2. The number of aliphatic hydroxyl groups excluding tert-OH is 1. The Morgan fingerprint density at radius 2 is 0.551 bits per heavy atom. The van der Waals surface area contributed by atoms with Crippen LogP contribution in [0.4, 0.5) is 0 Å². The normalized spacial score (nSPS) is 12.9. The molecule has 0 aromatic heterocycles. The van der Waals surface area contributed by atoms with Crippen LogP contribution >= 0.6 is 0 Å². The number of ether oxygens (including phenoxy) is 2. The highest BCUT2D eigenvalue weighted by molar-refractivity contribution is 5.70. The fourth-order valence-corrected chi connectivity index (χ4v) is 9.61. The molecule has 5 heteroatoms. The van der Waals surface area contributed by atoms with E-state index in [0.29, 0.717) is 12.8 Å². The Morgan fingerprint density at radius 1 is 0.308 bits per heavy atom. The van der Waals surface area contributed by atoms with Gasteiger partial charge in [0.15, 0.2) is 6.10 Å². The Labute approximate surface area is 484 Å². The zero-order valence-corrected chi connectivity index (χ0v) is 51.4. The summed E-state index contributed by atoms with van der Waals surface area (Å²) in [5.74, 6) is -0.589. The predicted molar refractivity (Wildman–Crippen MR) is 343 cm³/mol. The fourth-order valence-electron chi connectivity index (χ4n) is 9.61. The summed E-state index contributed by atoms with van der Waals surface area (Å²) in [6.45, 7) is 4.06. The molecule has 0 aromatic rings. The maximum Gasteiger partial charge on any atom is 0.306 e. The molecule has 448 valence electrons. The van der Waals surface area contributed by atoms with Gasteiger partial charge in [-0.25, -0.2) is 0 Å². The van der Waals surface area contributed by atoms with E-state index in [1.54, 1.807) is 0 Å². The second-order valence-corrected chi connectivity index (χ2v) is 22.2. The molecule has 1 atom stereocenters. The van der Waals surface area contributed by atoms with Crippen LogP contribution in [-0.4, -0.2) is 36.4 Å². The van der Waals surface area contributed by atoms with Crippen molar-refractivity contribution in [2.45, 2.75) is 328 Å². The summed E-state index contributed by atoms with van der Waals surface area (Å²) in [6.07, 6.45) is 98.1. The number of unbranched alkanes of at least 4 members (excludes halogenated alkanes) is 35. The number of aliphatic hydroxyl groups is 1. The summed E-state index contributed by atoms with van der Waals surface area (Å²) in [4.78, 5) is 24.6. The highest BCUT2D eigenvalue weighted by Gasteiger charge is 2.16. The predicted octanol–water partition coefficient (Wildman–Crippen LogP) is 23.2. The van der Waals surface area contributed by atoms with Gasteiger partial charge in [-0.3, -0.25) is 9.59 Å². The van der Waals surface area contributed by atoms with Crippen LogP contribution in [0.25, 0.3) is 0 Å². The van der Waals surface area contributed by atoms with Gasteiger partial charge in [0, 0.05) is 12.8 Å². The van der Waals surface area contributed by atoms with Gasteiger partial charge in [-0.2, -0.15) is 0 Å². The van der Waals surface area contributed by atoms with E-state index >= 15 is 0 Å². The number of hydrogen-bond acceptors (Lipinski definition) is 5. The topological polar surface area (TPSA) is 72.8 Å². The Hall–Kier alpha value is -3.44. The number of allylic oxidation sites excluding steroid dienone is 18. The lowest BCUT2D eigenvalue weighted by molar-refractivity contribution is -0.161. The van der Waals surface area contributed by atoms with Crippen molar-refractivity contribution in [1.29, 1.82) is 0 Å². The lowest BCUT2D eigenvalue weighted by atomic mass is 10.0. The molecule has 0 aliphatic heterocycles. The molecular formula is C73H126O5. The average molecular weight is 1080 g/mol. The first-order valence-electron chi connectivity index (χ1n) is 33.4. The molecule has 0 fully saturated rings. The largest absolute Gasteiger partial charge is 0.462 e. The highest BCUT2D eigenvalue weighted by atomic mass is 16.6. The lowest BCUT2D eigenvalue weighted by Gasteiger charge is -2.15. The van der Waals surface area contributed by atoms with Gasteiger partial charge in [0.2, 0.25) is 0 Å². The van der Waals surface area contributed by atoms with Crippen molar-refractivity contribution in [2.75, 3.05) is 13.2 Å². The summed E-state index contributed by atoms with van der Waals surface area (Å²) in [6, 6.07) is 0. The van der Waals surface area contributed by atoms with Crippen LogP contribution in [0, 0.1) is 0 Å². The molecule has 0 amide bonds. The molecule has 78 heavy (non-hydrogen) atoms. The van der Waals surface area contributed by atoms with E-state index in [9.17, 15) is 14.7 Å². The molecule has 0 rings (SSSR count). The van der Waals surface area contributed by atoms with Gasteiger partial charge in [-0.15, -0.1) is 0 Å². The minimum absolute atomic E-state index is 0.0695. The van der Waals surface area contributed by atoms with Crippen molar-refractivity contribution in [3.05, 3.63) is 109 Å². The van der Waals surface area contributed by atoms with Crippen molar-refractivity contribution >= 4 is 11.9 Å². The number of esters is 2. The first-order valence-corrected chi connectivity index (χ1v) is 33.4. The maximum absolute atomic E-state index is 12.4. The lowest BCUT2D eigenvalue weighted by Crippen LogP contribution is -2.28. The van der Waals surface area contributed by atoms with Gasteiger partial charge in [0.05, 0.1) is 6.61 Å². The summed E-state index contributed by atoms with van der Waals surface area (Å²) in [5.41, 5.74) is 0. The Balaban J connectivity index is 3.52. The molecule has 1 unspecified atom stereocenters. The maximum atomic E-state index is 12.4. The summed E-state index contributed by atoms with van der Waals surface area (Å²) in [5, 5.41) is 9.69.